The summed E-state index contributed by atoms with van der Waals surface area (Å²) in [4.78, 5) is 4.05. The van der Waals surface area contributed by atoms with Crippen molar-refractivity contribution in [3.05, 3.63) is 48.5 Å². The van der Waals surface area contributed by atoms with Crippen LogP contribution in [0.1, 0.15) is 31.4 Å². The number of rotatable bonds is 8. The van der Waals surface area contributed by atoms with Crippen LogP contribution in [-0.4, -0.2) is 23.2 Å². The first-order chi connectivity index (χ1) is 9.83. The van der Waals surface area contributed by atoms with Crippen LogP contribution in [0.15, 0.2) is 43.0 Å². The lowest BCUT2D eigenvalue weighted by molar-refractivity contribution is 0.414. The molecule has 0 radical (unpaired) electrons. The third-order valence-electron chi connectivity index (χ3n) is 3.47. The van der Waals surface area contributed by atoms with Crippen molar-refractivity contribution < 1.29 is 4.74 Å². The van der Waals surface area contributed by atoms with Crippen molar-refractivity contribution in [1.29, 1.82) is 0 Å². The lowest BCUT2D eigenvalue weighted by Gasteiger charge is -2.18. The van der Waals surface area contributed by atoms with E-state index in [1.165, 1.54) is 5.56 Å². The molecule has 108 valence electrons. The fourth-order valence-corrected chi connectivity index (χ4v) is 2.29. The first-order valence-electron chi connectivity index (χ1n) is 7.16. The normalized spacial score (nSPS) is 12.3. The quantitative estimate of drug-likeness (QED) is 0.751. The van der Waals surface area contributed by atoms with Crippen LogP contribution in [0.25, 0.3) is 0 Å². The maximum Gasteiger partial charge on any atom is 0.118 e. The predicted octanol–water partition coefficient (Wildman–Crippen LogP) is 3.02. The summed E-state index contributed by atoms with van der Waals surface area (Å²) in [7, 11) is 1.70. The van der Waals surface area contributed by atoms with Gasteiger partial charge in [-0.05, 0) is 37.1 Å². The molecular weight excluding hydrogens is 250 g/mol. The van der Waals surface area contributed by atoms with Gasteiger partial charge in [-0.2, -0.15) is 0 Å². The third kappa shape index (κ3) is 4.10. The van der Waals surface area contributed by atoms with Crippen molar-refractivity contribution in [2.75, 3.05) is 13.7 Å². The van der Waals surface area contributed by atoms with Gasteiger partial charge in [-0.15, -0.1) is 0 Å². The molecule has 4 heteroatoms. The Morgan fingerprint density at radius 1 is 1.30 bits per heavy atom. The number of hydrogen-bond acceptors (Lipinski definition) is 3. The molecule has 4 nitrogen and oxygen atoms in total. The van der Waals surface area contributed by atoms with Crippen LogP contribution in [0.3, 0.4) is 0 Å². The van der Waals surface area contributed by atoms with E-state index in [2.05, 4.69) is 33.9 Å². The number of nitrogens with zero attached hydrogens (tertiary/aromatic N) is 2. The Bertz CT molecular complexity index is 479. The van der Waals surface area contributed by atoms with Gasteiger partial charge in [-0.25, -0.2) is 4.98 Å². The van der Waals surface area contributed by atoms with E-state index in [9.17, 15) is 0 Å². The van der Waals surface area contributed by atoms with Gasteiger partial charge in [0.25, 0.3) is 0 Å². The molecular formula is C16H23N3O. The largest absolute Gasteiger partial charge is 0.497 e. The molecule has 0 bridgehead atoms. The molecule has 0 aliphatic rings. The molecule has 20 heavy (non-hydrogen) atoms. The summed E-state index contributed by atoms with van der Waals surface area (Å²) in [5, 5.41) is 3.61. The molecule has 1 unspecified atom stereocenters. The zero-order chi connectivity index (χ0) is 14.2. The van der Waals surface area contributed by atoms with Crippen molar-refractivity contribution in [2.24, 2.45) is 0 Å². The Morgan fingerprint density at radius 2 is 2.10 bits per heavy atom. The average molecular weight is 273 g/mol. The molecule has 1 aromatic carbocycles. The molecule has 1 N–H and O–H groups in total. The summed E-state index contributed by atoms with van der Waals surface area (Å²) in [6, 6.07) is 8.71. The van der Waals surface area contributed by atoms with E-state index in [4.69, 9.17) is 4.74 Å². The molecule has 0 spiro atoms. The maximum absolute atomic E-state index is 5.19. The van der Waals surface area contributed by atoms with E-state index in [1.54, 1.807) is 7.11 Å². The van der Waals surface area contributed by atoms with Crippen LogP contribution in [0.5, 0.6) is 5.75 Å². The molecule has 1 heterocycles. The number of hydrogen-bond donors (Lipinski definition) is 1. The van der Waals surface area contributed by atoms with Gasteiger partial charge in [-0.1, -0.05) is 19.1 Å². The summed E-state index contributed by atoms with van der Waals surface area (Å²) < 4.78 is 7.30. The van der Waals surface area contributed by atoms with Crippen molar-refractivity contribution in [2.45, 2.75) is 32.4 Å². The summed E-state index contributed by atoms with van der Waals surface area (Å²) in [6.45, 7) is 4.21. The highest BCUT2D eigenvalue weighted by Crippen LogP contribution is 2.19. The van der Waals surface area contributed by atoms with Gasteiger partial charge in [0, 0.05) is 25.0 Å². The Kier molecular flexibility index (Phi) is 5.62. The highest BCUT2D eigenvalue weighted by atomic mass is 16.5. The van der Waals surface area contributed by atoms with E-state index in [1.807, 2.05) is 30.9 Å². The van der Waals surface area contributed by atoms with Gasteiger partial charge in [-0.3, -0.25) is 0 Å². The predicted molar refractivity (Wildman–Crippen MR) is 80.9 cm³/mol. The van der Waals surface area contributed by atoms with E-state index >= 15 is 0 Å². The van der Waals surface area contributed by atoms with Gasteiger partial charge in [0.1, 0.15) is 5.75 Å². The number of aromatic nitrogens is 2. The number of benzene rings is 1. The second-order valence-corrected chi connectivity index (χ2v) is 4.84. The minimum atomic E-state index is 0.406. The topological polar surface area (TPSA) is 39.1 Å². The van der Waals surface area contributed by atoms with Crippen LogP contribution in [0, 0.1) is 0 Å². The average Bonchev–Trinajstić information content (AvgIpc) is 3.01. The van der Waals surface area contributed by atoms with E-state index in [0.717, 1.165) is 31.7 Å². The van der Waals surface area contributed by atoms with Crippen LogP contribution in [0.4, 0.5) is 0 Å². The summed E-state index contributed by atoms with van der Waals surface area (Å²) in [5.74, 6) is 0.906. The molecule has 2 aromatic rings. The van der Waals surface area contributed by atoms with Crippen molar-refractivity contribution >= 4 is 0 Å². The fourth-order valence-electron chi connectivity index (χ4n) is 2.29. The minimum Gasteiger partial charge on any atom is -0.497 e. The highest BCUT2D eigenvalue weighted by Gasteiger charge is 2.08. The maximum atomic E-state index is 5.19. The van der Waals surface area contributed by atoms with Crippen LogP contribution in [0.2, 0.25) is 0 Å². The highest BCUT2D eigenvalue weighted by molar-refractivity contribution is 5.29. The molecule has 0 amide bonds. The smallest absolute Gasteiger partial charge is 0.118 e. The number of nitrogens with one attached hydrogen (secondary N) is 1. The number of methoxy groups -OCH3 is 1. The summed E-state index contributed by atoms with van der Waals surface area (Å²) >= 11 is 0. The van der Waals surface area contributed by atoms with Crippen LogP contribution < -0.4 is 10.1 Å². The SMILES string of the molecule is CCC(NCCCn1ccnc1)c1ccc(OC)cc1. The van der Waals surface area contributed by atoms with Crippen LogP contribution >= 0.6 is 0 Å². The Labute approximate surface area is 120 Å². The first-order valence-corrected chi connectivity index (χ1v) is 7.16. The second kappa shape index (κ2) is 7.70. The Hall–Kier alpha value is -1.81. The van der Waals surface area contributed by atoms with Crippen molar-refractivity contribution in [1.82, 2.24) is 14.9 Å². The van der Waals surface area contributed by atoms with Crippen molar-refractivity contribution in [3.8, 4) is 5.75 Å². The Morgan fingerprint density at radius 3 is 2.70 bits per heavy atom. The molecule has 0 saturated heterocycles. The summed E-state index contributed by atoms with van der Waals surface area (Å²) in [5.41, 5.74) is 1.32. The molecule has 0 saturated carbocycles. The van der Waals surface area contributed by atoms with Gasteiger partial charge < -0.3 is 14.6 Å². The molecule has 1 aromatic heterocycles. The lowest BCUT2D eigenvalue weighted by Crippen LogP contribution is -2.22. The molecule has 1 atom stereocenters. The molecule has 0 aliphatic carbocycles. The van der Waals surface area contributed by atoms with E-state index in [0.29, 0.717) is 6.04 Å². The lowest BCUT2D eigenvalue weighted by atomic mass is 10.0. The zero-order valence-electron chi connectivity index (χ0n) is 12.2. The minimum absolute atomic E-state index is 0.406. The Balaban J connectivity index is 1.79. The van der Waals surface area contributed by atoms with E-state index < -0.39 is 0 Å². The van der Waals surface area contributed by atoms with Gasteiger partial charge in [0.05, 0.1) is 13.4 Å². The zero-order valence-corrected chi connectivity index (χ0v) is 12.2. The van der Waals surface area contributed by atoms with Gasteiger partial charge >= 0.3 is 0 Å². The molecule has 0 fully saturated rings. The van der Waals surface area contributed by atoms with Gasteiger partial charge in [0.2, 0.25) is 0 Å². The third-order valence-corrected chi connectivity index (χ3v) is 3.47. The van der Waals surface area contributed by atoms with Crippen molar-refractivity contribution in [3.63, 3.8) is 0 Å². The number of aryl methyl sites for hydroxylation is 1. The second-order valence-electron chi connectivity index (χ2n) is 4.84. The van der Waals surface area contributed by atoms with Crippen LogP contribution in [-0.2, 0) is 6.54 Å². The standard InChI is InChI=1S/C16H23N3O/c1-3-16(14-5-7-15(20-2)8-6-14)18-9-4-11-19-12-10-17-13-19/h5-8,10,12-13,16,18H,3-4,9,11H2,1-2H3. The summed E-state index contributed by atoms with van der Waals surface area (Å²) in [6.07, 6.45) is 7.86. The van der Waals surface area contributed by atoms with E-state index in [-0.39, 0.29) is 0 Å². The first kappa shape index (κ1) is 14.6. The monoisotopic (exact) mass is 273 g/mol. The number of imidazole rings is 1. The molecule has 2 rings (SSSR count). The number of ether oxygens (including phenoxy) is 1. The fraction of sp³-hybridized carbons (Fsp3) is 0.438. The van der Waals surface area contributed by atoms with Gasteiger partial charge in [0.15, 0.2) is 0 Å². The molecule has 0 aliphatic heterocycles.